The lowest BCUT2D eigenvalue weighted by molar-refractivity contribution is 0.287. The molecule has 2 aromatic carbocycles. The molecule has 0 bridgehead atoms. The predicted molar refractivity (Wildman–Crippen MR) is 98.1 cm³/mol. The highest BCUT2D eigenvalue weighted by Crippen LogP contribution is 2.14. The molecule has 0 aromatic heterocycles. The van der Waals surface area contributed by atoms with Gasteiger partial charge in [0.05, 0.1) is 13.2 Å². The molecule has 0 radical (unpaired) electrons. The van der Waals surface area contributed by atoms with Crippen LogP contribution in [0.25, 0.3) is 0 Å². The van der Waals surface area contributed by atoms with Gasteiger partial charge in [-0.15, -0.1) is 0 Å². The maximum atomic E-state index is 5.72. The molecule has 0 spiro atoms. The fourth-order valence-corrected chi connectivity index (χ4v) is 2.38. The molecule has 4 heteroatoms. The average molecular weight is 328 g/mol. The zero-order valence-electron chi connectivity index (χ0n) is 14.2. The zero-order chi connectivity index (χ0) is 17.0. The van der Waals surface area contributed by atoms with Crippen molar-refractivity contribution in [3.63, 3.8) is 0 Å². The minimum Gasteiger partial charge on any atom is -0.494 e. The maximum Gasteiger partial charge on any atom is 0.119 e. The number of unbranched alkanes of at least 4 members (excludes halogenated alkanes) is 3. The summed E-state index contributed by atoms with van der Waals surface area (Å²) >= 11 is 0. The van der Waals surface area contributed by atoms with E-state index in [0.717, 1.165) is 61.5 Å². The van der Waals surface area contributed by atoms with E-state index in [9.17, 15) is 0 Å². The van der Waals surface area contributed by atoms with Crippen molar-refractivity contribution >= 4 is 0 Å². The summed E-state index contributed by atoms with van der Waals surface area (Å²) in [5.74, 6) is 1.83. The van der Waals surface area contributed by atoms with Crippen LogP contribution in [0, 0.1) is 0 Å². The fraction of sp³-hybridized carbons (Fsp3) is 0.400. The number of hydrogen-bond acceptors (Lipinski definition) is 4. The molecule has 0 unspecified atom stereocenters. The Labute approximate surface area is 144 Å². The highest BCUT2D eigenvalue weighted by Gasteiger charge is 1.97. The van der Waals surface area contributed by atoms with Gasteiger partial charge < -0.3 is 20.9 Å². The van der Waals surface area contributed by atoms with Crippen LogP contribution in [0.4, 0.5) is 0 Å². The van der Waals surface area contributed by atoms with Crippen LogP contribution in [-0.2, 0) is 13.1 Å². The van der Waals surface area contributed by atoms with Gasteiger partial charge in [-0.05, 0) is 61.1 Å². The normalized spacial score (nSPS) is 10.6. The van der Waals surface area contributed by atoms with Crippen molar-refractivity contribution < 1.29 is 9.47 Å². The topological polar surface area (TPSA) is 70.5 Å². The molecule has 0 amide bonds. The Balaban J connectivity index is 1.48. The highest BCUT2D eigenvalue weighted by molar-refractivity contribution is 5.27. The first kappa shape index (κ1) is 18.3. The van der Waals surface area contributed by atoms with Crippen LogP contribution in [-0.4, -0.2) is 13.2 Å². The smallest absolute Gasteiger partial charge is 0.119 e. The molecule has 0 heterocycles. The first-order chi connectivity index (χ1) is 11.8. The maximum absolute atomic E-state index is 5.72. The molecule has 0 aliphatic heterocycles. The first-order valence-electron chi connectivity index (χ1n) is 8.65. The van der Waals surface area contributed by atoms with E-state index in [4.69, 9.17) is 20.9 Å². The van der Waals surface area contributed by atoms with Crippen molar-refractivity contribution in [2.24, 2.45) is 11.5 Å². The number of ether oxygens (including phenoxy) is 2. The van der Waals surface area contributed by atoms with Gasteiger partial charge >= 0.3 is 0 Å². The van der Waals surface area contributed by atoms with Gasteiger partial charge in [0.2, 0.25) is 0 Å². The van der Waals surface area contributed by atoms with E-state index >= 15 is 0 Å². The van der Waals surface area contributed by atoms with Crippen LogP contribution in [0.2, 0.25) is 0 Å². The van der Waals surface area contributed by atoms with E-state index in [1.165, 1.54) is 0 Å². The summed E-state index contributed by atoms with van der Waals surface area (Å²) in [4.78, 5) is 0. The first-order valence-corrected chi connectivity index (χ1v) is 8.65. The van der Waals surface area contributed by atoms with Crippen molar-refractivity contribution in [3.8, 4) is 11.5 Å². The molecule has 2 aromatic rings. The Hall–Kier alpha value is -2.04. The molecule has 0 fully saturated rings. The third kappa shape index (κ3) is 6.60. The van der Waals surface area contributed by atoms with Crippen molar-refractivity contribution in [1.29, 1.82) is 0 Å². The summed E-state index contributed by atoms with van der Waals surface area (Å²) < 4.78 is 11.4. The second-order valence-corrected chi connectivity index (χ2v) is 5.81. The van der Waals surface area contributed by atoms with Gasteiger partial charge in [-0.1, -0.05) is 24.3 Å². The number of rotatable bonds is 11. The average Bonchev–Trinajstić information content (AvgIpc) is 2.65. The Kier molecular flexibility index (Phi) is 8.15. The molecule has 0 aliphatic rings. The molecule has 0 saturated heterocycles. The van der Waals surface area contributed by atoms with Crippen molar-refractivity contribution in [1.82, 2.24) is 0 Å². The van der Waals surface area contributed by atoms with Crippen LogP contribution < -0.4 is 20.9 Å². The van der Waals surface area contributed by atoms with Gasteiger partial charge in [-0.3, -0.25) is 0 Å². The summed E-state index contributed by atoms with van der Waals surface area (Å²) in [5.41, 5.74) is 13.4. The van der Waals surface area contributed by atoms with E-state index in [1.54, 1.807) is 0 Å². The third-order valence-corrected chi connectivity index (χ3v) is 3.89. The summed E-state index contributed by atoms with van der Waals surface area (Å²) in [5, 5.41) is 0. The largest absolute Gasteiger partial charge is 0.494 e. The third-order valence-electron chi connectivity index (χ3n) is 3.89. The summed E-state index contributed by atoms with van der Waals surface area (Å²) in [7, 11) is 0. The molecular weight excluding hydrogens is 300 g/mol. The van der Waals surface area contributed by atoms with Gasteiger partial charge in [-0.25, -0.2) is 0 Å². The van der Waals surface area contributed by atoms with Gasteiger partial charge in [0, 0.05) is 13.1 Å². The fourth-order valence-electron chi connectivity index (χ4n) is 2.38. The molecule has 0 atom stereocenters. The van der Waals surface area contributed by atoms with Crippen LogP contribution in [0.15, 0.2) is 48.5 Å². The second-order valence-electron chi connectivity index (χ2n) is 5.81. The molecule has 2 rings (SSSR count). The summed E-state index contributed by atoms with van der Waals surface area (Å²) in [6.45, 7) is 2.64. The van der Waals surface area contributed by atoms with E-state index < -0.39 is 0 Å². The van der Waals surface area contributed by atoms with Crippen LogP contribution >= 0.6 is 0 Å². The Morgan fingerprint density at radius 2 is 0.917 bits per heavy atom. The molecule has 24 heavy (non-hydrogen) atoms. The van der Waals surface area contributed by atoms with Gasteiger partial charge in [0.25, 0.3) is 0 Å². The van der Waals surface area contributed by atoms with Crippen molar-refractivity contribution in [2.75, 3.05) is 13.2 Å². The quantitative estimate of drug-likeness (QED) is 0.618. The van der Waals surface area contributed by atoms with E-state index in [-0.39, 0.29) is 0 Å². The predicted octanol–water partition coefficient (Wildman–Crippen LogP) is 3.62. The minimum atomic E-state index is 0.569. The Morgan fingerprint density at radius 1 is 0.542 bits per heavy atom. The molecule has 4 N–H and O–H groups in total. The molecule has 4 nitrogen and oxygen atoms in total. The summed E-state index contributed by atoms with van der Waals surface area (Å²) in [6, 6.07) is 15.9. The van der Waals surface area contributed by atoms with E-state index in [2.05, 4.69) is 0 Å². The number of hydrogen-bond donors (Lipinski definition) is 2. The van der Waals surface area contributed by atoms with E-state index in [0.29, 0.717) is 13.1 Å². The van der Waals surface area contributed by atoms with Gasteiger partial charge in [0.1, 0.15) is 11.5 Å². The monoisotopic (exact) mass is 328 g/mol. The molecule has 0 saturated carbocycles. The van der Waals surface area contributed by atoms with Crippen LogP contribution in [0.1, 0.15) is 36.8 Å². The zero-order valence-corrected chi connectivity index (χ0v) is 14.2. The lowest BCUT2D eigenvalue weighted by atomic mass is 10.2. The highest BCUT2D eigenvalue weighted by atomic mass is 16.5. The van der Waals surface area contributed by atoms with Crippen molar-refractivity contribution in [3.05, 3.63) is 59.7 Å². The number of nitrogens with two attached hydrogens (primary N) is 2. The molecule has 130 valence electrons. The lowest BCUT2D eigenvalue weighted by Gasteiger charge is -2.08. The van der Waals surface area contributed by atoms with Gasteiger partial charge in [-0.2, -0.15) is 0 Å². The second kappa shape index (κ2) is 10.7. The van der Waals surface area contributed by atoms with Crippen molar-refractivity contribution in [2.45, 2.75) is 38.8 Å². The van der Waals surface area contributed by atoms with Crippen LogP contribution in [0.3, 0.4) is 0 Å². The molecule has 0 aliphatic carbocycles. The Morgan fingerprint density at radius 3 is 1.25 bits per heavy atom. The minimum absolute atomic E-state index is 0.569. The lowest BCUT2D eigenvalue weighted by Crippen LogP contribution is -2.01. The SMILES string of the molecule is NCc1ccc(OCCCCCCOc2ccc(CN)cc2)cc1. The Bertz CT molecular complexity index is 514. The van der Waals surface area contributed by atoms with Gasteiger partial charge in [0.15, 0.2) is 0 Å². The van der Waals surface area contributed by atoms with E-state index in [1.807, 2.05) is 48.5 Å². The number of benzene rings is 2. The molecular formula is C20H28N2O2. The standard InChI is InChI=1S/C20H28N2O2/c21-15-17-5-9-19(10-6-17)23-13-3-1-2-4-14-24-20-11-7-18(16-22)8-12-20/h5-12H,1-4,13-16,21-22H2. The van der Waals surface area contributed by atoms with Crippen LogP contribution in [0.5, 0.6) is 11.5 Å². The summed E-state index contributed by atoms with van der Waals surface area (Å²) in [6.07, 6.45) is 4.42.